The number of nitrogen functional groups attached to an aromatic ring is 1. The number of alkyl halides is 3. The lowest BCUT2D eigenvalue weighted by Gasteiger charge is -2.32. The lowest BCUT2D eigenvalue weighted by atomic mass is 10.0. The van der Waals surface area contributed by atoms with Crippen molar-refractivity contribution in [3.05, 3.63) is 53.2 Å². The minimum Gasteiger partial charge on any atom is -0.397 e. The van der Waals surface area contributed by atoms with Crippen molar-refractivity contribution in [2.45, 2.75) is 24.4 Å². The van der Waals surface area contributed by atoms with Crippen LogP contribution in [0.15, 0.2) is 42.6 Å². The van der Waals surface area contributed by atoms with Gasteiger partial charge in [0.25, 0.3) is 0 Å². The quantitative estimate of drug-likeness (QED) is 0.388. The molecule has 2 heterocycles. The summed E-state index contributed by atoms with van der Waals surface area (Å²) in [6.45, 7) is -0.503. The Morgan fingerprint density at radius 1 is 1.15 bits per heavy atom. The summed E-state index contributed by atoms with van der Waals surface area (Å²) < 4.78 is 64.7. The van der Waals surface area contributed by atoms with Crippen molar-refractivity contribution < 1.29 is 21.6 Å². The first-order chi connectivity index (χ1) is 15.4. The number of piperidine rings is 1. The SMILES string of the molecule is NC(=S)c1cccc(-c2cn(C3CCN(S(=O)(=O)C(F)(F)F)CC3)c3c(Cl)c(N)ccc23)c1. The molecule has 0 radical (unpaired) electrons. The molecule has 176 valence electrons. The third-order valence-electron chi connectivity index (χ3n) is 5.87. The molecule has 0 spiro atoms. The van der Waals surface area contributed by atoms with Crippen molar-refractivity contribution in [2.24, 2.45) is 5.73 Å². The van der Waals surface area contributed by atoms with Gasteiger partial charge in [-0.3, -0.25) is 0 Å². The molecule has 1 fully saturated rings. The highest BCUT2D eigenvalue weighted by Crippen LogP contribution is 2.41. The van der Waals surface area contributed by atoms with Gasteiger partial charge in [-0.15, -0.1) is 0 Å². The number of rotatable bonds is 4. The standard InChI is InChI=1S/C21H20ClF3N4O2S2/c22-18-17(26)5-4-15-16(12-2-1-3-13(10-12)20(27)32)11-29(19(15)18)14-6-8-28(9-7-14)33(30,31)21(23,24)25/h1-5,10-11,14H,6-9,26H2,(H2,27,32). The van der Waals surface area contributed by atoms with E-state index in [0.717, 1.165) is 16.5 Å². The predicted molar refractivity (Wildman–Crippen MR) is 128 cm³/mol. The fraction of sp³-hybridized carbons (Fsp3) is 0.286. The largest absolute Gasteiger partial charge is 0.511 e. The van der Waals surface area contributed by atoms with E-state index in [2.05, 4.69) is 0 Å². The maximum atomic E-state index is 12.9. The number of nitrogens with two attached hydrogens (primary N) is 2. The fourth-order valence-electron chi connectivity index (χ4n) is 4.19. The van der Waals surface area contributed by atoms with Crippen LogP contribution in [0.1, 0.15) is 24.4 Å². The minimum atomic E-state index is -5.36. The Hall–Kier alpha value is -2.34. The number of nitrogens with zero attached hydrogens (tertiary/aromatic N) is 2. The number of anilines is 1. The highest BCUT2D eigenvalue weighted by atomic mass is 35.5. The van der Waals surface area contributed by atoms with Crippen molar-refractivity contribution in [3.8, 4) is 11.1 Å². The molecular formula is C21H20ClF3N4O2S2. The van der Waals surface area contributed by atoms with E-state index in [1.807, 2.05) is 35.0 Å². The summed E-state index contributed by atoms with van der Waals surface area (Å²) in [5, 5.41) is 1.13. The molecule has 0 saturated carbocycles. The van der Waals surface area contributed by atoms with E-state index in [-0.39, 0.29) is 37.0 Å². The van der Waals surface area contributed by atoms with Gasteiger partial charge >= 0.3 is 15.5 Å². The molecule has 2 aromatic carbocycles. The molecule has 1 aliphatic rings. The number of sulfonamides is 1. The average Bonchev–Trinajstić information content (AvgIpc) is 3.16. The van der Waals surface area contributed by atoms with Crippen LogP contribution in [0.2, 0.25) is 5.02 Å². The zero-order valence-corrected chi connectivity index (χ0v) is 19.5. The fourth-order valence-corrected chi connectivity index (χ4v) is 5.56. The molecule has 3 aromatic rings. The summed E-state index contributed by atoms with van der Waals surface area (Å²) in [5.41, 5.74) is 9.85. The molecule has 4 N–H and O–H groups in total. The van der Waals surface area contributed by atoms with Crippen LogP contribution in [0.3, 0.4) is 0 Å². The number of benzene rings is 2. The molecular weight excluding hydrogens is 497 g/mol. The van der Waals surface area contributed by atoms with Crippen molar-refractivity contribution in [3.63, 3.8) is 0 Å². The van der Waals surface area contributed by atoms with Gasteiger partial charge in [-0.25, -0.2) is 8.42 Å². The van der Waals surface area contributed by atoms with Crippen LogP contribution in [0, 0.1) is 0 Å². The molecule has 0 unspecified atom stereocenters. The van der Waals surface area contributed by atoms with Crippen LogP contribution < -0.4 is 11.5 Å². The van der Waals surface area contributed by atoms with E-state index in [1.54, 1.807) is 12.1 Å². The highest BCUT2D eigenvalue weighted by molar-refractivity contribution is 7.90. The maximum Gasteiger partial charge on any atom is 0.511 e. The smallest absolute Gasteiger partial charge is 0.397 e. The molecule has 1 aromatic heterocycles. The second-order valence-corrected chi connectivity index (χ2v) is 10.6. The second-order valence-electron chi connectivity index (χ2n) is 7.84. The number of fused-ring (bicyclic) bond motifs is 1. The second kappa shape index (κ2) is 8.46. The Kier molecular flexibility index (Phi) is 6.10. The molecule has 1 aliphatic heterocycles. The number of hydrogen-bond acceptors (Lipinski definition) is 4. The molecule has 0 bridgehead atoms. The third-order valence-corrected chi connectivity index (χ3v) is 8.13. The molecule has 6 nitrogen and oxygen atoms in total. The number of thiocarbonyl (C=S) groups is 1. The molecule has 4 rings (SSSR count). The van der Waals surface area contributed by atoms with Crippen molar-refractivity contribution >= 4 is 55.4 Å². The molecule has 33 heavy (non-hydrogen) atoms. The minimum absolute atomic E-state index is 0.191. The van der Waals surface area contributed by atoms with Gasteiger partial charge in [0.05, 0.1) is 16.2 Å². The van der Waals surface area contributed by atoms with E-state index >= 15 is 0 Å². The third kappa shape index (κ3) is 4.18. The average molecular weight is 517 g/mol. The zero-order chi connectivity index (χ0) is 24.1. The number of aromatic nitrogens is 1. The molecule has 12 heteroatoms. The van der Waals surface area contributed by atoms with Gasteiger partial charge in [0, 0.05) is 41.8 Å². The molecule has 0 amide bonds. The summed E-state index contributed by atoms with van der Waals surface area (Å²) in [6.07, 6.45) is 2.25. The highest BCUT2D eigenvalue weighted by Gasteiger charge is 2.50. The van der Waals surface area contributed by atoms with Gasteiger partial charge < -0.3 is 16.0 Å². The van der Waals surface area contributed by atoms with E-state index in [9.17, 15) is 21.6 Å². The first kappa shape index (κ1) is 23.8. The Morgan fingerprint density at radius 2 is 1.82 bits per heavy atom. The van der Waals surface area contributed by atoms with E-state index < -0.39 is 15.5 Å². The molecule has 0 atom stereocenters. The lowest BCUT2D eigenvalue weighted by Crippen LogP contribution is -2.45. The van der Waals surface area contributed by atoms with Crippen molar-refractivity contribution in [2.75, 3.05) is 18.8 Å². The van der Waals surface area contributed by atoms with Crippen molar-refractivity contribution in [1.29, 1.82) is 0 Å². The normalized spacial score (nSPS) is 16.4. The van der Waals surface area contributed by atoms with Gasteiger partial charge in [-0.1, -0.05) is 48.1 Å². The Labute approximate surface area is 198 Å². The summed E-state index contributed by atoms with van der Waals surface area (Å²) in [7, 11) is -5.36. The first-order valence-electron chi connectivity index (χ1n) is 9.97. The van der Waals surface area contributed by atoms with Crippen LogP contribution in [-0.4, -0.2) is 40.9 Å². The van der Waals surface area contributed by atoms with Gasteiger partial charge in [0.1, 0.15) is 4.99 Å². The predicted octanol–water partition coefficient (Wildman–Crippen LogP) is 4.66. The van der Waals surface area contributed by atoms with E-state index in [4.69, 9.17) is 35.3 Å². The molecule has 0 aliphatic carbocycles. The Balaban J connectivity index is 1.76. The summed E-state index contributed by atoms with van der Waals surface area (Å²) >= 11 is 11.6. The van der Waals surface area contributed by atoms with Crippen LogP contribution in [0.5, 0.6) is 0 Å². The van der Waals surface area contributed by atoms with Gasteiger partial charge in [0.15, 0.2) is 0 Å². The topological polar surface area (TPSA) is 94.3 Å². The van der Waals surface area contributed by atoms with E-state index in [1.165, 1.54) is 0 Å². The Morgan fingerprint density at radius 3 is 2.42 bits per heavy atom. The van der Waals surface area contributed by atoms with E-state index in [0.29, 0.717) is 26.1 Å². The monoisotopic (exact) mass is 516 g/mol. The van der Waals surface area contributed by atoms with Gasteiger partial charge in [-0.05, 0) is 30.5 Å². The summed E-state index contributed by atoms with van der Waals surface area (Å²) in [4.78, 5) is 0.251. The number of hydrogen-bond donors (Lipinski definition) is 2. The maximum absolute atomic E-state index is 12.9. The van der Waals surface area contributed by atoms with Gasteiger partial charge in [0.2, 0.25) is 0 Å². The zero-order valence-electron chi connectivity index (χ0n) is 17.1. The van der Waals surface area contributed by atoms with Crippen LogP contribution >= 0.6 is 23.8 Å². The van der Waals surface area contributed by atoms with Crippen LogP contribution in [-0.2, 0) is 10.0 Å². The van der Waals surface area contributed by atoms with Crippen LogP contribution in [0.4, 0.5) is 18.9 Å². The summed E-state index contributed by atoms with van der Waals surface area (Å²) in [6, 6.07) is 10.6. The molecule has 1 saturated heterocycles. The lowest BCUT2D eigenvalue weighted by molar-refractivity contribution is -0.0496. The Bertz CT molecular complexity index is 1350. The number of halogens is 4. The first-order valence-corrected chi connectivity index (χ1v) is 12.2. The van der Waals surface area contributed by atoms with Crippen LogP contribution in [0.25, 0.3) is 22.0 Å². The van der Waals surface area contributed by atoms with Crippen molar-refractivity contribution in [1.82, 2.24) is 8.87 Å². The summed E-state index contributed by atoms with van der Waals surface area (Å²) in [5.74, 6) is 0. The van der Waals surface area contributed by atoms with Gasteiger partial charge in [-0.2, -0.15) is 17.5 Å².